The van der Waals surface area contributed by atoms with Crippen molar-refractivity contribution in [2.24, 2.45) is 0 Å². The molecule has 3 heterocycles. The van der Waals surface area contributed by atoms with Crippen LogP contribution in [-0.4, -0.2) is 14.1 Å². The predicted octanol–water partition coefficient (Wildman–Crippen LogP) is 8.02. The minimum Gasteiger partial charge on any atom is -0.454 e. The molecule has 164 valence electrons. The lowest BCUT2D eigenvalue weighted by Crippen LogP contribution is -1.95. The fraction of sp³-hybridized carbons (Fsp3) is 0. The maximum absolute atomic E-state index is 6.47. The topological polar surface area (TPSA) is 35.9 Å². The molecule has 3 aromatic heterocycles. The number of rotatable bonds is 2. The number of fused-ring (bicyclic) bond motifs is 8. The van der Waals surface area contributed by atoms with E-state index >= 15 is 0 Å². The summed E-state index contributed by atoms with van der Waals surface area (Å²) in [6.07, 6.45) is 1.90. The van der Waals surface area contributed by atoms with E-state index in [9.17, 15) is 0 Å². The van der Waals surface area contributed by atoms with Crippen molar-refractivity contribution in [1.29, 1.82) is 0 Å². The van der Waals surface area contributed by atoms with E-state index in [1.54, 1.807) is 0 Å². The zero-order valence-corrected chi connectivity index (χ0v) is 18.7. The molecule has 8 rings (SSSR count). The highest BCUT2D eigenvalue weighted by atomic mass is 16.3. The maximum Gasteiger partial charge on any atom is 0.160 e. The molecule has 35 heavy (non-hydrogen) atoms. The summed E-state index contributed by atoms with van der Waals surface area (Å²) in [5.41, 5.74) is 8.25. The molecule has 0 saturated carbocycles. The normalized spacial score (nSPS) is 12.0. The highest BCUT2D eigenvalue weighted by Crippen LogP contribution is 2.40. The molecule has 0 unspecified atom stereocenters. The molecule has 4 nitrogen and oxygen atoms in total. The van der Waals surface area contributed by atoms with Crippen LogP contribution >= 0.6 is 0 Å². The molecule has 8 aromatic rings. The first-order valence-electron chi connectivity index (χ1n) is 11.7. The Kier molecular flexibility index (Phi) is 3.63. The van der Waals surface area contributed by atoms with Crippen molar-refractivity contribution >= 4 is 54.8 Å². The van der Waals surface area contributed by atoms with Gasteiger partial charge in [0.05, 0.1) is 22.1 Å². The molecule has 0 aliphatic rings. The maximum atomic E-state index is 6.47. The van der Waals surface area contributed by atoms with E-state index in [-0.39, 0.29) is 0 Å². The van der Waals surface area contributed by atoms with E-state index in [0.29, 0.717) is 0 Å². The zero-order chi connectivity index (χ0) is 22.9. The van der Waals surface area contributed by atoms with Crippen LogP contribution in [0.1, 0.15) is 0 Å². The van der Waals surface area contributed by atoms with E-state index in [2.05, 4.69) is 88.0 Å². The predicted molar refractivity (Wildman–Crippen MR) is 143 cm³/mol. The van der Waals surface area contributed by atoms with Crippen LogP contribution in [0.3, 0.4) is 0 Å². The van der Waals surface area contributed by atoms with Crippen LogP contribution in [0, 0.1) is 0 Å². The number of hydrogen-bond donors (Lipinski definition) is 0. The van der Waals surface area contributed by atoms with Gasteiger partial charge in [0.2, 0.25) is 0 Å². The summed E-state index contributed by atoms with van der Waals surface area (Å²) in [6, 6.07) is 38.0. The number of imidazole rings is 1. The largest absolute Gasteiger partial charge is 0.454 e. The standard InChI is InChI=1S/C31H19N3O/c1-2-8-20(9-3-1)33-19-32-26-18-21(14-17-28(26)33)34-27-12-6-4-10-22(27)24-15-16-25-23-11-5-7-13-29(23)35-31(25)30(24)34/h1-19H. The van der Waals surface area contributed by atoms with E-state index in [1.807, 2.05) is 36.7 Å². The number of nitrogens with zero attached hydrogens (tertiary/aromatic N) is 3. The summed E-state index contributed by atoms with van der Waals surface area (Å²) in [5.74, 6) is 0. The Bertz CT molecular complexity index is 2060. The monoisotopic (exact) mass is 449 g/mol. The highest BCUT2D eigenvalue weighted by Gasteiger charge is 2.19. The van der Waals surface area contributed by atoms with Crippen molar-refractivity contribution < 1.29 is 4.42 Å². The number of para-hydroxylation sites is 3. The lowest BCUT2D eigenvalue weighted by molar-refractivity contribution is 0.671. The van der Waals surface area contributed by atoms with Gasteiger partial charge >= 0.3 is 0 Å². The molecular formula is C31H19N3O. The van der Waals surface area contributed by atoms with E-state index in [0.717, 1.165) is 55.4 Å². The molecule has 0 bridgehead atoms. The van der Waals surface area contributed by atoms with Crippen LogP contribution in [0.4, 0.5) is 0 Å². The molecule has 4 heteroatoms. The Morgan fingerprint density at radius 1 is 0.571 bits per heavy atom. The fourth-order valence-electron chi connectivity index (χ4n) is 5.43. The van der Waals surface area contributed by atoms with E-state index in [4.69, 9.17) is 9.40 Å². The van der Waals surface area contributed by atoms with E-state index in [1.165, 1.54) is 10.8 Å². The second-order valence-electron chi connectivity index (χ2n) is 8.91. The Morgan fingerprint density at radius 2 is 1.34 bits per heavy atom. The smallest absolute Gasteiger partial charge is 0.160 e. The van der Waals surface area contributed by atoms with Gasteiger partial charge in [-0.2, -0.15) is 0 Å². The van der Waals surface area contributed by atoms with E-state index < -0.39 is 0 Å². The molecule has 0 fully saturated rings. The van der Waals surface area contributed by atoms with Crippen LogP contribution in [0.2, 0.25) is 0 Å². The van der Waals surface area contributed by atoms with Crippen LogP contribution in [-0.2, 0) is 0 Å². The average molecular weight is 450 g/mol. The van der Waals surface area contributed by atoms with Crippen molar-refractivity contribution in [3.8, 4) is 11.4 Å². The number of hydrogen-bond acceptors (Lipinski definition) is 2. The first kappa shape index (κ1) is 18.6. The van der Waals surface area contributed by atoms with Crippen molar-refractivity contribution in [3.05, 3.63) is 116 Å². The van der Waals surface area contributed by atoms with Gasteiger partial charge < -0.3 is 8.98 Å². The Morgan fingerprint density at radius 3 is 2.26 bits per heavy atom. The molecule has 0 radical (unpaired) electrons. The van der Waals surface area contributed by atoms with Crippen molar-refractivity contribution in [2.45, 2.75) is 0 Å². The van der Waals surface area contributed by atoms with Gasteiger partial charge in [-0.15, -0.1) is 0 Å². The minimum atomic E-state index is 0.906. The van der Waals surface area contributed by atoms with Gasteiger partial charge in [-0.1, -0.05) is 60.7 Å². The van der Waals surface area contributed by atoms with Crippen molar-refractivity contribution in [2.75, 3.05) is 0 Å². The Hall–Kier alpha value is -4.83. The molecule has 0 amide bonds. The third kappa shape index (κ3) is 2.53. The molecule has 0 spiro atoms. The first-order valence-corrected chi connectivity index (χ1v) is 11.7. The van der Waals surface area contributed by atoms with Gasteiger partial charge in [-0.25, -0.2) is 4.98 Å². The molecule has 5 aromatic carbocycles. The Labute approximate surface area is 200 Å². The molecular weight excluding hydrogens is 430 g/mol. The summed E-state index contributed by atoms with van der Waals surface area (Å²) in [6.45, 7) is 0. The molecule has 0 saturated heterocycles. The zero-order valence-electron chi connectivity index (χ0n) is 18.7. The van der Waals surface area contributed by atoms with Crippen molar-refractivity contribution in [3.63, 3.8) is 0 Å². The highest BCUT2D eigenvalue weighted by molar-refractivity contribution is 6.21. The Balaban J connectivity index is 1.47. The summed E-state index contributed by atoms with van der Waals surface area (Å²) in [5, 5.41) is 4.66. The van der Waals surface area contributed by atoms with Crippen LogP contribution in [0.15, 0.2) is 120 Å². The summed E-state index contributed by atoms with van der Waals surface area (Å²) in [7, 11) is 0. The van der Waals surface area contributed by atoms with Gasteiger partial charge in [-0.3, -0.25) is 4.57 Å². The minimum absolute atomic E-state index is 0.906. The lowest BCUT2D eigenvalue weighted by Gasteiger charge is -2.09. The van der Waals surface area contributed by atoms with Gasteiger partial charge in [-0.05, 0) is 48.5 Å². The fourth-order valence-corrected chi connectivity index (χ4v) is 5.43. The van der Waals surface area contributed by atoms with Gasteiger partial charge in [0.1, 0.15) is 11.9 Å². The number of furan rings is 1. The molecule has 0 N–H and O–H groups in total. The quantitative estimate of drug-likeness (QED) is 0.268. The third-order valence-corrected chi connectivity index (χ3v) is 7.00. The summed E-state index contributed by atoms with van der Waals surface area (Å²) >= 11 is 0. The average Bonchev–Trinajstić information content (AvgIpc) is 3.60. The lowest BCUT2D eigenvalue weighted by atomic mass is 10.1. The molecule has 0 atom stereocenters. The van der Waals surface area contributed by atoms with Crippen LogP contribution in [0.5, 0.6) is 0 Å². The third-order valence-electron chi connectivity index (χ3n) is 7.00. The first-order chi connectivity index (χ1) is 17.4. The molecule has 0 aliphatic carbocycles. The number of benzene rings is 5. The van der Waals surface area contributed by atoms with Crippen LogP contribution < -0.4 is 0 Å². The molecule has 0 aliphatic heterocycles. The summed E-state index contributed by atoms with van der Waals surface area (Å²) in [4.78, 5) is 4.75. The number of aromatic nitrogens is 3. The van der Waals surface area contributed by atoms with Gasteiger partial charge in [0, 0.05) is 32.9 Å². The SMILES string of the molecule is c1ccc(-n2cnc3cc(-n4c5ccccc5c5ccc6c7ccccc7oc6c54)ccc32)cc1. The second kappa shape index (κ2) is 6.84. The van der Waals surface area contributed by atoms with Crippen molar-refractivity contribution in [1.82, 2.24) is 14.1 Å². The van der Waals surface area contributed by atoms with Gasteiger partial charge in [0.25, 0.3) is 0 Å². The van der Waals surface area contributed by atoms with Crippen LogP contribution in [0.25, 0.3) is 66.2 Å². The summed E-state index contributed by atoms with van der Waals surface area (Å²) < 4.78 is 10.9. The van der Waals surface area contributed by atoms with Gasteiger partial charge in [0.15, 0.2) is 5.58 Å². The second-order valence-corrected chi connectivity index (χ2v) is 8.91.